The van der Waals surface area contributed by atoms with Crippen LogP contribution in [0.3, 0.4) is 0 Å². The lowest BCUT2D eigenvalue weighted by molar-refractivity contribution is -0.143. The number of ether oxygens (including phenoxy) is 2. The Balaban J connectivity index is 1.70. The van der Waals surface area contributed by atoms with Crippen molar-refractivity contribution in [3.05, 3.63) is 58.6 Å². The minimum absolute atomic E-state index is 0.0936. The van der Waals surface area contributed by atoms with Gasteiger partial charge in [0.2, 0.25) is 0 Å². The number of carbonyl (C=O) groups is 2. The molecule has 6 nitrogen and oxygen atoms in total. The molecule has 3 rings (SSSR count). The number of para-hydroxylation sites is 2. The summed E-state index contributed by atoms with van der Waals surface area (Å²) in [6.07, 6.45) is 1.71. The van der Waals surface area contributed by atoms with Crippen LogP contribution in [0.15, 0.2) is 53.0 Å². The quantitative estimate of drug-likeness (QED) is 0.541. The highest BCUT2D eigenvalue weighted by molar-refractivity contribution is 9.10. The molecule has 1 unspecified atom stereocenters. The van der Waals surface area contributed by atoms with Gasteiger partial charge < -0.3 is 19.7 Å². The van der Waals surface area contributed by atoms with Gasteiger partial charge in [-0.15, -0.1) is 0 Å². The van der Waals surface area contributed by atoms with E-state index in [2.05, 4.69) is 21.2 Å². The molecule has 0 aliphatic carbocycles. The Labute approximate surface area is 172 Å². The van der Waals surface area contributed by atoms with Gasteiger partial charge in [0.1, 0.15) is 12.4 Å². The molecule has 148 valence electrons. The van der Waals surface area contributed by atoms with E-state index in [0.29, 0.717) is 31.2 Å². The van der Waals surface area contributed by atoms with Crippen molar-refractivity contribution in [3.8, 4) is 5.75 Å². The third-order valence-electron chi connectivity index (χ3n) is 4.62. The van der Waals surface area contributed by atoms with Crippen LogP contribution < -0.4 is 10.1 Å². The van der Waals surface area contributed by atoms with E-state index in [9.17, 15) is 9.59 Å². The lowest BCUT2D eigenvalue weighted by atomic mass is 10.0. The van der Waals surface area contributed by atoms with Crippen molar-refractivity contribution in [1.29, 1.82) is 0 Å². The summed E-state index contributed by atoms with van der Waals surface area (Å²) in [5.41, 5.74) is 1.49. The number of amides is 2. The molecular weight excluding hydrogens is 424 g/mol. The van der Waals surface area contributed by atoms with Crippen molar-refractivity contribution in [1.82, 2.24) is 4.90 Å². The van der Waals surface area contributed by atoms with Gasteiger partial charge in [0.15, 0.2) is 0 Å². The highest BCUT2D eigenvalue weighted by atomic mass is 79.9. The third kappa shape index (κ3) is 4.91. The van der Waals surface area contributed by atoms with Gasteiger partial charge in [0, 0.05) is 18.1 Å². The number of hydrogen-bond acceptors (Lipinski definition) is 4. The van der Waals surface area contributed by atoms with E-state index >= 15 is 0 Å². The van der Waals surface area contributed by atoms with Crippen LogP contribution in [0.5, 0.6) is 5.75 Å². The van der Waals surface area contributed by atoms with Gasteiger partial charge in [0.25, 0.3) is 0 Å². The Morgan fingerprint density at radius 2 is 2.00 bits per heavy atom. The number of hydrogen-bond donors (Lipinski definition) is 1. The Kier molecular flexibility index (Phi) is 7.06. The van der Waals surface area contributed by atoms with E-state index in [0.717, 1.165) is 22.9 Å². The average Bonchev–Trinajstić information content (AvgIpc) is 3.18. The van der Waals surface area contributed by atoms with E-state index in [-0.39, 0.29) is 6.04 Å². The fourth-order valence-electron chi connectivity index (χ4n) is 3.31. The first-order chi connectivity index (χ1) is 13.6. The van der Waals surface area contributed by atoms with Crippen molar-refractivity contribution >= 4 is 33.4 Å². The minimum Gasteiger partial charge on any atom is -0.489 e. The standard InChI is InChI=1S/C21H23BrN2O4/c1-27-12-13-28-19-10-3-2-8-17(19)23-20(25)21(26)24-11-5-9-18(24)15-6-4-7-16(22)14-15/h2-4,6-8,10,14,18H,5,9,11-13H2,1H3,(H,23,25). The number of benzene rings is 2. The maximum atomic E-state index is 12.8. The number of nitrogens with one attached hydrogen (secondary N) is 1. The van der Waals surface area contributed by atoms with Crippen molar-refractivity contribution < 1.29 is 19.1 Å². The third-order valence-corrected chi connectivity index (χ3v) is 5.11. The van der Waals surface area contributed by atoms with Crippen molar-refractivity contribution in [2.75, 3.05) is 32.2 Å². The average molecular weight is 447 g/mol. The number of likely N-dealkylation sites (tertiary alicyclic amines) is 1. The Hall–Kier alpha value is -2.38. The maximum Gasteiger partial charge on any atom is 0.314 e. The SMILES string of the molecule is COCCOc1ccccc1NC(=O)C(=O)N1CCCC1c1cccc(Br)c1. The molecule has 2 aromatic carbocycles. The van der Waals surface area contributed by atoms with E-state index in [1.54, 1.807) is 30.2 Å². The largest absolute Gasteiger partial charge is 0.489 e. The van der Waals surface area contributed by atoms with Crippen LogP contribution in [0.25, 0.3) is 0 Å². The normalized spacial score (nSPS) is 16.1. The first kappa shape index (κ1) is 20.4. The van der Waals surface area contributed by atoms with Crippen molar-refractivity contribution in [2.24, 2.45) is 0 Å². The van der Waals surface area contributed by atoms with Crippen LogP contribution in [0, 0.1) is 0 Å². The molecule has 0 aromatic heterocycles. The molecule has 1 aliphatic rings. The van der Waals surface area contributed by atoms with Crippen molar-refractivity contribution in [3.63, 3.8) is 0 Å². The molecule has 0 spiro atoms. The molecular formula is C21H23BrN2O4. The van der Waals surface area contributed by atoms with Crippen LogP contribution in [0.1, 0.15) is 24.4 Å². The second kappa shape index (κ2) is 9.71. The van der Waals surface area contributed by atoms with Crippen LogP contribution in [-0.2, 0) is 14.3 Å². The number of anilines is 1. The predicted molar refractivity (Wildman–Crippen MR) is 110 cm³/mol. The lowest BCUT2D eigenvalue weighted by Crippen LogP contribution is -2.39. The zero-order valence-electron chi connectivity index (χ0n) is 15.7. The number of rotatable bonds is 6. The molecule has 1 fully saturated rings. The molecule has 1 N–H and O–H groups in total. The second-order valence-electron chi connectivity index (χ2n) is 6.50. The molecule has 7 heteroatoms. The Morgan fingerprint density at radius 1 is 1.18 bits per heavy atom. The fourth-order valence-corrected chi connectivity index (χ4v) is 3.72. The number of carbonyl (C=O) groups excluding carboxylic acids is 2. The van der Waals surface area contributed by atoms with Gasteiger partial charge in [-0.05, 0) is 42.7 Å². The van der Waals surface area contributed by atoms with E-state index in [4.69, 9.17) is 9.47 Å². The molecule has 0 radical (unpaired) electrons. The Bertz CT molecular complexity index is 843. The van der Waals surface area contributed by atoms with Gasteiger partial charge in [-0.3, -0.25) is 9.59 Å². The van der Waals surface area contributed by atoms with Gasteiger partial charge in [-0.25, -0.2) is 0 Å². The lowest BCUT2D eigenvalue weighted by Gasteiger charge is -2.25. The van der Waals surface area contributed by atoms with Gasteiger partial charge in [0.05, 0.1) is 18.3 Å². The van der Waals surface area contributed by atoms with Crippen molar-refractivity contribution in [2.45, 2.75) is 18.9 Å². The maximum absolute atomic E-state index is 12.8. The summed E-state index contributed by atoms with van der Waals surface area (Å²) >= 11 is 3.47. The summed E-state index contributed by atoms with van der Waals surface area (Å²) in [4.78, 5) is 27.1. The number of nitrogens with zero attached hydrogens (tertiary/aromatic N) is 1. The van der Waals surface area contributed by atoms with Gasteiger partial charge in [-0.2, -0.15) is 0 Å². The molecule has 1 saturated heterocycles. The molecule has 1 aliphatic heterocycles. The summed E-state index contributed by atoms with van der Waals surface area (Å²) in [5.74, 6) is -0.690. The van der Waals surface area contributed by atoms with Crippen LogP contribution >= 0.6 is 15.9 Å². The topological polar surface area (TPSA) is 67.9 Å². The molecule has 1 atom stereocenters. The van der Waals surface area contributed by atoms with Crippen LogP contribution in [-0.4, -0.2) is 43.6 Å². The van der Waals surface area contributed by atoms with Crippen LogP contribution in [0.2, 0.25) is 0 Å². The van der Waals surface area contributed by atoms with E-state index in [1.165, 1.54) is 0 Å². The molecule has 1 heterocycles. The zero-order valence-corrected chi connectivity index (χ0v) is 17.3. The van der Waals surface area contributed by atoms with E-state index < -0.39 is 11.8 Å². The predicted octanol–water partition coefficient (Wildman–Crippen LogP) is 3.78. The highest BCUT2D eigenvalue weighted by Gasteiger charge is 2.33. The summed E-state index contributed by atoms with van der Waals surface area (Å²) in [5, 5.41) is 2.69. The molecule has 0 bridgehead atoms. The fraction of sp³-hybridized carbons (Fsp3) is 0.333. The second-order valence-corrected chi connectivity index (χ2v) is 7.42. The first-order valence-electron chi connectivity index (χ1n) is 9.18. The number of methoxy groups -OCH3 is 1. The summed E-state index contributed by atoms with van der Waals surface area (Å²) in [6, 6.07) is 14.8. The van der Waals surface area contributed by atoms with E-state index in [1.807, 2.05) is 30.3 Å². The monoisotopic (exact) mass is 446 g/mol. The molecule has 2 amide bonds. The first-order valence-corrected chi connectivity index (χ1v) is 9.97. The summed E-state index contributed by atoms with van der Waals surface area (Å²) in [7, 11) is 1.59. The number of halogens is 1. The summed E-state index contributed by atoms with van der Waals surface area (Å²) < 4.78 is 11.5. The smallest absolute Gasteiger partial charge is 0.314 e. The molecule has 0 saturated carbocycles. The van der Waals surface area contributed by atoms with Gasteiger partial charge in [-0.1, -0.05) is 40.2 Å². The molecule has 28 heavy (non-hydrogen) atoms. The van der Waals surface area contributed by atoms with Crippen LogP contribution in [0.4, 0.5) is 5.69 Å². The minimum atomic E-state index is -0.662. The summed E-state index contributed by atoms with van der Waals surface area (Å²) in [6.45, 7) is 1.35. The van der Waals surface area contributed by atoms with Gasteiger partial charge >= 0.3 is 11.8 Å². The molecule has 2 aromatic rings. The Morgan fingerprint density at radius 3 is 2.79 bits per heavy atom. The highest BCUT2D eigenvalue weighted by Crippen LogP contribution is 2.33. The zero-order chi connectivity index (χ0) is 19.9.